The van der Waals surface area contributed by atoms with Gasteiger partial charge in [0.05, 0.1) is 6.10 Å². The summed E-state index contributed by atoms with van der Waals surface area (Å²) in [5.41, 5.74) is 0.277. The van der Waals surface area contributed by atoms with E-state index in [0.717, 1.165) is 25.0 Å². The topological polar surface area (TPSA) is 29.5 Å². The SMILES string of the molecule is OC(c1ccc(OC(F)(F)F)c(F)c1)C1CC1. The van der Waals surface area contributed by atoms with Crippen LogP contribution in [0.3, 0.4) is 0 Å². The van der Waals surface area contributed by atoms with E-state index >= 15 is 0 Å². The summed E-state index contributed by atoms with van der Waals surface area (Å²) in [6, 6.07) is 3.00. The Kier molecular flexibility index (Phi) is 2.99. The molecule has 0 radical (unpaired) electrons. The highest BCUT2D eigenvalue weighted by Crippen LogP contribution is 2.41. The van der Waals surface area contributed by atoms with Crippen molar-refractivity contribution >= 4 is 0 Å². The van der Waals surface area contributed by atoms with Crippen LogP contribution < -0.4 is 4.74 Å². The number of benzene rings is 1. The van der Waals surface area contributed by atoms with Crippen LogP contribution in [0.5, 0.6) is 5.75 Å². The number of hydrogen-bond donors (Lipinski definition) is 1. The molecule has 2 nitrogen and oxygen atoms in total. The fraction of sp³-hybridized carbons (Fsp3) is 0.455. The number of ether oxygens (including phenoxy) is 1. The van der Waals surface area contributed by atoms with Gasteiger partial charge in [-0.3, -0.25) is 0 Å². The lowest BCUT2D eigenvalue weighted by Crippen LogP contribution is -2.18. The highest BCUT2D eigenvalue weighted by atomic mass is 19.4. The Morgan fingerprint density at radius 3 is 2.41 bits per heavy atom. The van der Waals surface area contributed by atoms with Gasteiger partial charge in [0, 0.05) is 0 Å². The standard InChI is InChI=1S/C11H10F4O2/c12-8-5-7(10(16)6-1-2-6)3-4-9(8)17-11(13,14)15/h3-6,10,16H,1-2H2. The van der Waals surface area contributed by atoms with Crippen LogP contribution in [-0.4, -0.2) is 11.5 Å². The van der Waals surface area contributed by atoms with Gasteiger partial charge in [0.15, 0.2) is 11.6 Å². The van der Waals surface area contributed by atoms with Crippen molar-refractivity contribution in [1.29, 1.82) is 0 Å². The number of hydrogen-bond acceptors (Lipinski definition) is 2. The van der Waals surface area contributed by atoms with E-state index in [1.165, 1.54) is 6.07 Å². The van der Waals surface area contributed by atoms with Crippen molar-refractivity contribution in [3.8, 4) is 5.75 Å². The lowest BCUT2D eigenvalue weighted by atomic mass is 10.1. The highest BCUT2D eigenvalue weighted by Gasteiger charge is 2.34. The van der Waals surface area contributed by atoms with E-state index in [1.807, 2.05) is 0 Å². The molecule has 0 bridgehead atoms. The molecule has 94 valence electrons. The predicted octanol–water partition coefficient (Wildman–Crippen LogP) is 3.17. The second-order valence-corrected chi connectivity index (χ2v) is 4.02. The number of alkyl halides is 3. The van der Waals surface area contributed by atoms with Gasteiger partial charge in [0.2, 0.25) is 0 Å². The minimum atomic E-state index is -4.92. The summed E-state index contributed by atoms with van der Waals surface area (Å²) in [6.45, 7) is 0. The summed E-state index contributed by atoms with van der Waals surface area (Å²) in [6.07, 6.45) is -4.03. The molecule has 0 saturated heterocycles. The van der Waals surface area contributed by atoms with Crippen LogP contribution in [0.25, 0.3) is 0 Å². The zero-order chi connectivity index (χ0) is 12.6. The molecular formula is C11H10F4O2. The van der Waals surface area contributed by atoms with Crippen molar-refractivity contribution < 1.29 is 27.4 Å². The molecule has 0 spiro atoms. The third kappa shape index (κ3) is 3.09. The summed E-state index contributed by atoms with van der Waals surface area (Å²) in [5, 5.41) is 9.68. The maximum absolute atomic E-state index is 13.3. The van der Waals surface area contributed by atoms with E-state index in [4.69, 9.17) is 0 Å². The molecule has 0 aromatic heterocycles. The van der Waals surface area contributed by atoms with Gasteiger partial charge in [-0.25, -0.2) is 4.39 Å². The van der Waals surface area contributed by atoms with Gasteiger partial charge in [-0.15, -0.1) is 13.2 Å². The second kappa shape index (κ2) is 4.18. The van der Waals surface area contributed by atoms with Gasteiger partial charge in [-0.1, -0.05) is 6.07 Å². The van der Waals surface area contributed by atoms with Crippen LogP contribution in [0.2, 0.25) is 0 Å². The largest absolute Gasteiger partial charge is 0.573 e. The van der Waals surface area contributed by atoms with Crippen molar-refractivity contribution in [2.24, 2.45) is 5.92 Å². The monoisotopic (exact) mass is 250 g/mol. The summed E-state index contributed by atoms with van der Waals surface area (Å²) < 4.78 is 52.4. The predicted molar refractivity (Wildman–Crippen MR) is 50.8 cm³/mol. The maximum Gasteiger partial charge on any atom is 0.573 e. The molecule has 0 amide bonds. The van der Waals surface area contributed by atoms with E-state index in [0.29, 0.717) is 0 Å². The van der Waals surface area contributed by atoms with Gasteiger partial charge < -0.3 is 9.84 Å². The molecule has 2 rings (SSSR count). The number of rotatable bonds is 3. The third-order valence-corrected chi connectivity index (χ3v) is 2.59. The minimum Gasteiger partial charge on any atom is -0.403 e. The van der Waals surface area contributed by atoms with Crippen LogP contribution >= 0.6 is 0 Å². The van der Waals surface area contributed by atoms with Crippen LogP contribution in [0.4, 0.5) is 17.6 Å². The molecule has 1 N–H and O–H groups in total. The Labute approximate surface area is 94.8 Å². The smallest absolute Gasteiger partial charge is 0.403 e. The van der Waals surface area contributed by atoms with Gasteiger partial charge in [0.1, 0.15) is 0 Å². The lowest BCUT2D eigenvalue weighted by molar-refractivity contribution is -0.275. The lowest BCUT2D eigenvalue weighted by Gasteiger charge is -2.13. The quantitative estimate of drug-likeness (QED) is 0.835. The summed E-state index contributed by atoms with van der Waals surface area (Å²) >= 11 is 0. The Bertz CT molecular complexity index is 412. The first kappa shape index (κ1) is 12.2. The van der Waals surface area contributed by atoms with Gasteiger partial charge in [-0.2, -0.15) is 0 Å². The second-order valence-electron chi connectivity index (χ2n) is 4.02. The zero-order valence-electron chi connectivity index (χ0n) is 8.67. The first-order valence-electron chi connectivity index (χ1n) is 5.10. The highest BCUT2D eigenvalue weighted by molar-refractivity contribution is 5.31. The number of aliphatic hydroxyl groups excluding tert-OH is 1. The molecule has 1 aromatic rings. The molecule has 1 aromatic carbocycles. The van der Waals surface area contributed by atoms with Crippen molar-refractivity contribution in [1.82, 2.24) is 0 Å². The average molecular weight is 250 g/mol. The van der Waals surface area contributed by atoms with E-state index < -0.39 is 24.0 Å². The molecular weight excluding hydrogens is 240 g/mol. The van der Waals surface area contributed by atoms with Crippen molar-refractivity contribution in [3.63, 3.8) is 0 Å². The van der Waals surface area contributed by atoms with E-state index in [9.17, 15) is 22.7 Å². The molecule has 0 aliphatic heterocycles. The Morgan fingerprint density at radius 1 is 1.29 bits per heavy atom. The molecule has 6 heteroatoms. The van der Waals surface area contributed by atoms with Crippen molar-refractivity contribution in [2.45, 2.75) is 25.3 Å². The van der Waals surface area contributed by atoms with Crippen molar-refractivity contribution in [2.75, 3.05) is 0 Å². The molecule has 1 aliphatic rings. The van der Waals surface area contributed by atoms with Crippen molar-refractivity contribution in [3.05, 3.63) is 29.6 Å². The Balaban J connectivity index is 2.16. The van der Waals surface area contributed by atoms with Crippen LogP contribution in [0.15, 0.2) is 18.2 Å². The van der Waals surface area contributed by atoms with Crippen LogP contribution in [0.1, 0.15) is 24.5 Å². The Morgan fingerprint density at radius 2 is 1.94 bits per heavy atom. The first-order chi connectivity index (χ1) is 7.87. The molecule has 1 saturated carbocycles. The fourth-order valence-electron chi connectivity index (χ4n) is 1.59. The van der Waals surface area contributed by atoms with E-state index in [-0.39, 0.29) is 11.5 Å². The third-order valence-electron chi connectivity index (χ3n) is 2.59. The van der Waals surface area contributed by atoms with Gasteiger partial charge in [-0.05, 0) is 36.5 Å². The van der Waals surface area contributed by atoms with E-state index in [2.05, 4.69) is 4.74 Å². The average Bonchev–Trinajstić information content (AvgIpc) is 3.01. The molecule has 17 heavy (non-hydrogen) atoms. The van der Waals surface area contributed by atoms with Gasteiger partial charge in [0.25, 0.3) is 0 Å². The van der Waals surface area contributed by atoms with Gasteiger partial charge >= 0.3 is 6.36 Å². The van der Waals surface area contributed by atoms with Crippen LogP contribution in [0, 0.1) is 11.7 Å². The number of aliphatic hydroxyl groups is 1. The molecule has 0 heterocycles. The summed E-state index contributed by atoms with van der Waals surface area (Å²) in [7, 11) is 0. The van der Waals surface area contributed by atoms with Crippen LogP contribution in [-0.2, 0) is 0 Å². The zero-order valence-corrected chi connectivity index (χ0v) is 8.67. The minimum absolute atomic E-state index is 0.0868. The Hall–Kier alpha value is -1.30. The molecule has 1 aliphatic carbocycles. The number of halogens is 4. The maximum atomic E-state index is 13.3. The summed E-state index contributed by atoms with van der Waals surface area (Å²) in [4.78, 5) is 0. The fourth-order valence-corrected chi connectivity index (χ4v) is 1.59. The molecule has 1 unspecified atom stereocenters. The normalized spacial score (nSPS) is 17.9. The first-order valence-corrected chi connectivity index (χ1v) is 5.10. The molecule has 1 atom stereocenters. The molecule has 1 fully saturated rings. The summed E-state index contributed by atoms with van der Waals surface area (Å²) in [5.74, 6) is -1.92. The van der Waals surface area contributed by atoms with E-state index in [1.54, 1.807) is 0 Å².